The van der Waals surface area contributed by atoms with Gasteiger partial charge in [0.05, 0.1) is 0 Å². The van der Waals surface area contributed by atoms with Crippen LogP contribution in [0.4, 0.5) is 17.1 Å². The van der Waals surface area contributed by atoms with E-state index in [1.165, 1.54) is 0 Å². The van der Waals surface area contributed by atoms with Crippen LogP contribution < -0.4 is 4.90 Å². The summed E-state index contributed by atoms with van der Waals surface area (Å²) >= 11 is 0. The van der Waals surface area contributed by atoms with Gasteiger partial charge in [-0.05, 0) is 106 Å². The molecule has 300 valence electrons. The number of furan rings is 3. The molecule has 4 heteroatoms. The van der Waals surface area contributed by atoms with Gasteiger partial charge < -0.3 is 18.2 Å². The van der Waals surface area contributed by atoms with Crippen molar-refractivity contribution in [2.24, 2.45) is 0 Å². The molecule has 0 aliphatic carbocycles. The highest BCUT2D eigenvalue weighted by Crippen LogP contribution is 2.43. The Kier molecular flexibility index (Phi) is 8.18. The van der Waals surface area contributed by atoms with E-state index in [4.69, 9.17) is 13.3 Å². The molecule has 0 aliphatic rings. The van der Waals surface area contributed by atoms with Gasteiger partial charge in [-0.25, -0.2) is 0 Å². The Morgan fingerprint density at radius 1 is 0.234 bits per heavy atom. The number of anilines is 3. The minimum Gasteiger partial charge on any atom is -0.456 e. The zero-order chi connectivity index (χ0) is 42.1. The van der Waals surface area contributed by atoms with Gasteiger partial charge >= 0.3 is 0 Å². The number of para-hydroxylation sites is 4. The van der Waals surface area contributed by atoms with Crippen molar-refractivity contribution in [3.63, 3.8) is 0 Å². The lowest BCUT2D eigenvalue weighted by Crippen LogP contribution is -2.09. The molecular weight excluding hydrogens is 783 g/mol. The van der Waals surface area contributed by atoms with E-state index >= 15 is 0 Å². The summed E-state index contributed by atoms with van der Waals surface area (Å²) < 4.78 is 18.9. The van der Waals surface area contributed by atoms with Gasteiger partial charge in [-0.2, -0.15) is 0 Å². The van der Waals surface area contributed by atoms with Crippen molar-refractivity contribution in [2.45, 2.75) is 0 Å². The first-order valence-electron chi connectivity index (χ1n) is 21.6. The molecule has 0 saturated carbocycles. The summed E-state index contributed by atoms with van der Waals surface area (Å²) in [7, 11) is 0. The first-order chi connectivity index (χ1) is 31.7. The molecule has 3 heterocycles. The molecular formula is C60H37NO3. The summed E-state index contributed by atoms with van der Waals surface area (Å²) in [4.78, 5) is 2.33. The summed E-state index contributed by atoms with van der Waals surface area (Å²) in [6.07, 6.45) is 0. The smallest absolute Gasteiger partial charge is 0.143 e. The number of hydrogen-bond donors (Lipinski definition) is 0. The van der Waals surface area contributed by atoms with E-state index in [0.29, 0.717) is 0 Å². The van der Waals surface area contributed by atoms with Gasteiger partial charge in [-0.15, -0.1) is 0 Å². The summed E-state index contributed by atoms with van der Waals surface area (Å²) in [6, 6.07) is 79.2. The number of fused-ring (bicyclic) bond motifs is 9. The molecule has 0 amide bonds. The lowest BCUT2D eigenvalue weighted by molar-refractivity contribution is 0.668. The van der Waals surface area contributed by atoms with E-state index in [2.05, 4.69) is 193 Å². The van der Waals surface area contributed by atoms with Gasteiger partial charge in [0.15, 0.2) is 0 Å². The third kappa shape index (κ3) is 5.84. The third-order valence-corrected chi connectivity index (χ3v) is 12.7. The normalized spacial score (nSPS) is 11.8. The number of rotatable bonds is 7. The van der Waals surface area contributed by atoms with Crippen LogP contribution in [-0.4, -0.2) is 0 Å². The Morgan fingerprint density at radius 2 is 0.578 bits per heavy atom. The lowest BCUT2D eigenvalue weighted by Gasteiger charge is -2.26. The Labute approximate surface area is 368 Å². The highest BCUT2D eigenvalue weighted by Gasteiger charge is 2.18. The molecule has 13 rings (SSSR count). The average molecular weight is 820 g/mol. The molecule has 0 saturated heterocycles. The van der Waals surface area contributed by atoms with Gasteiger partial charge in [-0.1, -0.05) is 158 Å². The quantitative estimate of drug-likeness (QED) is 0.161. The molecule has 0 aliphatic heterocycles. The Morgan fingerprint density at radius 3 is 1.09 bits per heavy atom. The minimum absolute atomic E-state index is 0.891. The zero-order valence-corrected chi connectivity index (χ0v) is 34.5. The predicted molar refractivity (Wildman–Crippen MR) is 265 cm³/mol. The van der Waals surface area contributed by atoms with E-state index in [-0.39, 0.29) is 0 Å². The van der Waals surface area contributed by atoms with Crippen LogP contribution in [0.2, 0.25) is 0 Å². The number of nitrogens with zero attached hydrogens (tertiary/aromatic N) is 1. The molecule has 64 heavy (non-hydrogen) atoms. The first kappa shape index (κ1) is 36.1. The molecule has 0 fully saturated rings. The molecule has 0 N–H and O–H groups in total. The second-order valence-electron chi connectivity index (χ2n) is 16.4. The van der Waals surface area contributed by atoms with E-state index in [9.17, 15) is 0 Å². The van der Waals surface area contributed by atoms with Crippen LogP contribution in [-0.2, 0) is 0 Å². The van der Waals surface area contributed by atoms with E-state index < -0.39 is 0 Å². The van der Waals surface area contributed by atoms with Gasteiger partial charge in [0.2, 0.25) is 0 Å². The molecule has 3 aromatic heterocycles. The predicted octanol–water partition coefficient (Wildman–Crippen LogP) is 17.5. The maximum Gasteiger partial charge on any atom is 0.143 e. The minimum atomic E-state index is 0.891. The van der Waals surface area contributed by atoms with Crippen LogP contribution >= 0.6 is 0 Å². The summed E-state index contributed by atoms with van der Waals surface area (Å²) in [5.41, 5.74) is 17.6. The van der Waals surface area contributed by atoms with Crippen molar-refractivity contribution in [3.05, 3.63) is 224 Å². The van der Waals surface area contributed by atoms with Crippen molar-refractivity contribution in [1.82, 2.24) is 0 Å². The topological polar surface area (TPSA) is 42.7 Å². The second kappa shape index (κ2) is 14.5. The lowest BCUT2D eigenvalue weighted by atomic mass is 9.98. The number of hydrogen-bond acceptors (Lipinski definition) is 4. The van der Waals surface area contributed by atoms with Crippen molar-refractivity contribution < 1.29 is 13.3 Å². The fourth-order valence-corrected chi connectivity index (χ4v) is 9.68. The highest BCUT2D eigenvalue weighted by molar-refractivity contribution is 6.14. The van der Waals surface area contributed by atoms with Gasteiger partial charge in [0, 0.05) is 54.9 Å². The molecule has 0 radical (unpaired) electrons. The maximum absolute atomic E-state index is 6.37. The van der Waals surface area contributed by atoms with Crippen molar-refractivity contribution in [2.75, 3.05) is 4.90 Å². The molecule has 0 atom stereocenters. The van der Waals surface area contributed by atoms with Crippen LogP contribution in [0.15, 0.2) is 238 Å². The zero-order valence-electron chi connectivity index (χ0n) is 34.5. The fourth-order valence-electron chi connectivity index (χ4n) is 9.68. The Hall–Kier alpha value is -8.60. The van der Waals surface area contributed by atoms with E-state index in [1.807, 2.05) is 36.4 Å². The first-order valence-corrected chi connectivity index (χ1v) is 21.6. The van der Waals surface area contributed by atoms with Crippen molar-refractivity contribution in [3.8, 4) is 44.5 Å². The summed E-state index contributed by atoms with van der Waals surface area (Å²) in [5, 5.41) is 6.78. The molecule has 10 aromatic carbocycles. The monoisotopic (exact) mass is 819 g/mol. The molecule has 0 unspecified atom stereocenters. The summed E-state index contributed by atoms with van der Waals surface area (Å²) in [5.74, 6) is 0. The molecule has 4 nitrogen and oxygen atoms in total. The fraction of sp³-hybridized carbons (Fsp3) is 0. The van der Waals surface area contributed by atoms with Crippen LogP contribution in [0.3, 0.4) is 0 Å². The van der Waals surface area contributed by atoms with E-state index in [1.54, 1.807) is 0 Å². The molecule has 0 spiro atoms. The number of benzene rings is 10. The summed E-state index contributed by atoms with van der Waals surface area (Å²) in [6.45, 7) is 0. The van der Waals surface area contributed by atoms with Crippen LogP contribution in [0.1, 0.15) is 0 Å². The maximum atomic E-state index is 6.37. The van der Waals surface area contributed by atoms with Crippen LogP contribution in [0, 0.1) is 0 Å². The van der Waals surface area contributed by atoms with Gasteiger partial charge in [-0.3, -0.25) is 0 Å². The Bertz CT molecular complexity index is 3710. The standard InChI is InChI=1S/C60H37NO3/c1-4-17-53-49(10-1)50-16-7-15-48(60(50)64-53)42-24-22-38(23-25-42)39-26-32-43(33-27-39)61(44-34-28-40(29-35-44)46-13-8-20-56-58(46)51-11-2-5-18-54(51)62-56)45-36-30-41(31-37-45)47-14-9-21-57-59(47)52-12-3-6-19-55(52)63-57/h1-37H. The van der Waals surface area contributed by atoms with Crippen LogP contribution in [0.25, 0.3) is 110 Å². The van der Waals surface area contributed by atoms with Gasteiger partial charge in [0.1, 0.15) is 33.5 Å². The van der Waals surface area contributed by atoms with E-state index in [0.717, 1.165) is 127 Å². The second-order valence-corrected chi connectivity index (χ2v) is 16.4. The SMILES string of the molecule is c1ccc2c(c1)oc1c(-c3ccc(-c4ccc(N(c5ccc(-c6cccc7oc8ccccc8c67)cc5)c5ccc(-c6cccc7oc8ccccc8c67)cc5)cc4)cc3)cccc12. The molecule has 0 bridgehead atoms. The average Bonchev–Trinajstić information content (AvgIpc) is 4.07. The molecule has 13 aromatic rings. The highest BCUT2D eigenvalue weighted by atomic mass is 16.3. The van der Waals surface area contributed by atoms with Crippen LogP contribution in [0.5, 0.6) is 0 Å². The van der Waals surface area contributed by atoms with Crippen molar-refractivity contribution in [1.29, 1.82) is 0 Å². The van der Waals surface area contributed by atoms with Crippen molar-refractivity contribution >= 4 is 82.9 Å². The third-order valence-electron chi connectivity index (χ3n) is 12.7. The Balaban J connectivity index is 0.871. The largest absolute Gasteiger partial charge is 0.456 e. The van der Waals surface area contributed by atoms with Gasteiger partial charge in [0.25, 0.3) is 0 Å².